The molecule has 3 unspecified atom stereocenters. The van der Waals surface area contributed by atoms with E-state index in [1.54, 1.807) is 0 Å². The van der Waals surface area contributed by atoms with E-state index in [1.807, 2.05) is 11.8 Å². The van der Waals surface area contributed by atoms with Crippen molar-refractivity contribution in [2.45, 2.75) is 32.3 Å². The van der Waals surface area contributed by atoms with Crippen LogP contribution < -0.4 is 0 Å². The number of H-pyrrole nitrogens is 1. The van der Waals surface area contributed by atoms with Crippen molar-refractivity contribution in [1.29, 1.82) is 0 Å². The minimum atomic E-state index is -0.209. The van der Waals surface area contributed by atoms with Gasteiger partial charge in [0.25, 0.3) is 0 Å². The number of aromatic amines is 1. The fourth-order valence-electron chi connectivity index (χ4n) is 3.29. The number of fused-ring (bicyclic) bond motifs is 1. The minimum Gasteiger partial charge on any atom is -0.393 e. The average molecular weight is 298 g/mol. The Balaban J connectivity index is 1.66. The zero-order valence-corrected chi connectivity index (χ0v) is 12.5. The van der Waals surface area contributed by atoms with E-state index in [9.17, 15) is 9.90 Å². The summed E-state index contributed by atoms with van der Waals surface area (Å²) in [6.07, 6.45) is 2.17. The first kappa shape index (κ1) is 13.3. The topological polar surface area (TPSA) is 56.3 Å². The third-order valence-corrected chi connectivity index (χ3v) is 5.74. The molecule has 3 rings (SSSR count). The lowest BCUT2D eigenvalue weighted by Crippen LogP contribution is -2.32. The zero-order chi connectivity index (χ0) is 13.6. The van der Waals surface area contributed by atoms with Gasteiger partial charge in [0.2, 0.25) is 5.91 Å². The molecule has 19 heavy (non-hydrogen) atoms. The molecule has 1 saturated carbocycles. The molecule has 2 heterocycles. The number of likely N-dealkylation sites (tertiary alicyclic amines) is 1. The highest BCUT2D eigenvalue weighted by molar-refractivity contribution is 7.73. The maximum atomic E-state index is 12.3. The van der Waals surface area contributed by atoms with Crippen LogP contribution in [0.15, 0.2) is 0 Å². The summed E-state index contributed by atoms with van der Waals surface area (Å²) in [5.74, 6) is 0.967. The molecule has 1 aliphatic carbocycles. The van der Waals surface area contributed by atoms with Crippen LogP contribution in [0.5, 0.6) is 0 Å². The number of aliphatic hydroxyl groups excluding tert-OH is 1. The Hall–Kier alpha value is -0.720. The van der Waals surface area contributed by atoms with Crippen LogP contribution in [0.2, 0.25) is 0 Å². The van der Waals surface area contributed by atoms with Crippen molar-refractivity contribution in [3.8, 4) is 0 Å². The first-order valence-corrected chi connectivity index (χ1v) is 7.91. The fourth-order valence-corrected chi connectivity index (χ4v) is 4.58. The van der Waals surface area contributed by atoms with E-state index in [2.05, 4.69) is 4.98 Å². The molecule has 1 saturated heterocycles. The second-order valence-electron chi connectivity index (χ2n) is 5.61. The number of hydrogen-bond donors (Lipinski definition) is 2. The average Bonchev–Trinajstić information content (AvgIpc) is 2.98. The van der Waals surface area contributed by atoms with Gasteiger partial charge in [-0.25, -0.2) is 0 Å². The van der Waals surface area contributed by atoms with E-state index in [1.165, 1.54) is 11.3 Å². The second-order valence-corrected chi connectivity index (χ2v) is 7.38. The van der Waals surface area contributed by atoms with Crippen molar-refractivity contribution in [3.05, 3.63) is 14.5 Å². The quantitative estimate of drug-likeness (QED) is 0.820. The predicted octanol–water partition coefficient (Wildman–Crippen LogP) is 1.89. The SMILES string of the molecule is Cc1[nH]c(=S)sc1CC(=O)N1CC2CCC(O)C2C1. The number of carbonyl (C=O) groups is 1. The summed E-state index contributed by atoms with van der Waals surface area (Å²) >= 11 is 6.58. The molecule has 0 bridgehead atoms. The van der Waals surface area contributed by atoms with Gasteiger partial charge >= 0.3 is 0 Å². The van der Waals surface area contributed by atoms with Gasteiger partial charge < -0.3 is 15.0 Å². The molecule has 2 aliphatic rings. The number of nitrogens with zero attached hydrogens (tertiary/aromatic N) is 1. The molecule has 0 spiro atoms. The monoisotopic (exact) mass is 298 g/mol. The number of aryl methyl sites for hydroxylation is 1. The summed E-state index contributed by atoms with van der Waals surface area (Å²) in [6.45, 7) is 3.49. The lowest BCUT2D eigenvalue weighted by Gasteiger charge is -2.18. The van der Waals surface area contributed by atoms with Crippen molar-refractivity contribution in [2.75, 3.05) is 13.1 Å². The van der Waals surface area contributed by atoms with E-state index < -0.39 is 0 Å². The summed E-state index contributed by atoms with van der Waals surface area (Å²) < 4.78 is 0.731. The lowest BCUT2D eigenvalue weighted by atomic mass is 10.00. The van der Waals surface area contributed by atoms with Crippen molar-refractivity contribution in [1.82, 2.24) is 9.88 Å². The van der Waals surface area contributed by atoms with Crippen molar-refractivity contribution in [3.63, 3.8) is 0 Å². The number of rotatable bonds is 2. The standard InChI is InChI=1S/C13H18N2O2S2/c1-7-11(19-13(18)14-7)4-12(17)15-5-8-2-3-10(16)9(8)6-15/h8-10,16H,2-6H2,1H3,(H,14,18). The first-order valence-electron chi connectivity index (χ1n) is 6.69. The number of amides is 1. The maximum absolute atomic E-state index is 12.3. The van der Waals surface area contributed by atoms with Gasteiger partial charge in [-0.3, -0.25) is 4.79 Å². The fraction of sp³-hybridized carbons (Fsp3) is 0.692. The highest BCUT2D eigenvalue weighted by atomic mass is 32.1. The molecule has 2 fully saturated rings. The van der Waals surface area contributed by atoms with Gasteiger partial charge in [-0.15, -0.1) is 11.3 Å². The maximum Gasteiger partial charge on any atom is 0.227 e. The van der Waals surface area contributed by atoms with Crippen LogP contribution in [0.3, 0.4) is 0 Å². The number of aliphatic hydroxyl groups is 1. The molecule has 1 aliphatic heterocycles. The number of carbonyl (C=O) groups excluding carboxylic acids is 1. The molecule has 6 heteroatoms. The van der Waals surface area contributed by atoms with Gasteiger partial charge in [0.05, 0.1) is 12.5 Å². The number of hydrogen-bond acceptors (Lipinski definition) is 4. The Morgan fingerprint density at radius 2 is 2.32 bits per heavy atom. The van der Waals surface area contributed by atoms with Crippen LogP contribution in [0, 0.1) is 22.7 Å². The van der Waals surface area contributed by atoms with Gasteiger partial charge in [-0.05, 0) is 37.9 Å². The van der Waals surface area contributed by atoms with Crippen molar-refractivity contribution < 1.29 is 9.90 Å². The van der Waals surface area contributed by atoms with Crippen LogP contribution in [0.1, 0.15) is 23.4 Å². The molecule has 104 valence electrons. The molecule has 1 aromatic rings. The highest BCUT2D eigenvalue weighted by Gasteiger charge is 2.43. The van der Waals surface area contributed by atoms with Crippen LogP contribution in [0.25, 0.3) is 0 Å². The molecule has 1 amide bonds. The second kappa shape index (κ2) is 5.00. The third-order valence-electron chi connectivity index (χ3n) is 4.41. The molecule has 0 radical (unpaired) electrons. The summed E-state index contributed by atoms with van der Waals surface area (Å²) in [5, 5.41) is 9.88. The number of thiazole rings is 1. The van der Waals surface area contributed by atoms with Crippen LogP contribution in [-0.4, -0.2) is 40.1 Å². The van der Waals surface area contributed by atoms with Crippen LogP contribution in [-0.2, 0) is 11.2 Å². The predicted molar refractivity (Wildman–Crippen MR) is 76.7 cm³/mol. The molecule has 3 atom stereocenters. The van der Waals surface area contributed by atoms with E-state index >= 15 is 0 Å². The van der Waals surface area contributed by atoms with E-state index in [0.717, 1.165) is 40.5 Å². The van der Waals surface area contributed by atoms with Crippen molar-refractivity contribution >= 4 is 29.5 Å². The zero-order valence-electron chi connectivity index (χ0n) is 10.9. The molecular formula is C13H18N2O2S2. The van der Waals surface area contributed by atoms with Gasteiger partial charge in [-0.1, -0.05) is 0 Å². The van der Waals surface area contributed by atoms with Crippen LogP contribution in [0.4, 0.5) is 0 Å². The van der Waals surface area contributed by atoms with E-state index in [0.29, 0.717) is 18.3 Å². The smallest absolute Gasteiger partial charge is 0.227 e. The Kier molecular flexibility index (Phi) is 3.49. The first-order chi connectivity index (χ1) is 9.04. The molecule has 1 aromatic heterocycles. The molecule has 4 nitrogen and oxygen atoms in total. The van der Waals surface area contributed by atoms with Gasteiger partial charge in [-0.2, -0.15) is 0 Å². The van der Waals surface area contributed by atoms with Gasteiger partial charge in [0, 0.05) is 29.6 Å². The summed E-state index contributed by atoms with van der Waals surface area (Å²) in [5.41, 5.74) is 1.00. The Morgan fingerprint density at radius 1 is 1.53 bits per heavy atom. The third kappa shape index (κ3) is 2.49. The summed E-state index contributed by atoms with van der Waals surface area (Å²) in [7, 11) is 0. The Bertz CT molecular complexity index is 551. The van der Waals surface area contributed by atoms with Crippen LogP contribution >= 0.6 is 23.6 Å². The Morgan fingerprint density at radius 3 is 2.95 bits per heavy atom. The Labute approximate surface area is 121 Å². The normalized spacial score (nSPS) is 29.8. The minimum absolute atomic E-state index is 0.162. The molecule has 0 aromatic carbocycles. The van der Waals surface area contributed by atoms with Gasteiger partial charge in [0.15, 0.2) is 3.95 Å². The number of nitrogens with one attached hydrogen (secondary N) is 1. The van der Waals surface area contributed by atoms with E-state index in [4.69, 9.17) is 12.2 Å². The van der Waals surface area contributed by atoms with E-state index in [-0.39, 0.29) is 12.0 Å². The molecule has 2 N–H and O–H groups in total. The number of aromatic nitrogens is 1. The lowest BCUT2D eigenvalue weighted by molar-refractivity contribution is -0.129. The molecular weight excluding hydrogens is 280 g/mol. The van der Waals surface area contributed by atoms with Gasteiger partial charge in [0.1, 0.15) is 0 Å². The highest BCUT2D eigenvalue weighted by Crippen LogP contribution is 2.38. The summed E-state index contributed by atoms with van der Waals surface area (Å²) in [4.78, 5) is 18.3. The summed E-state index contributed by atoms with van der Waals surface area (Å²) in [6, 6.07) is 0. The largest absolute Gasteiger partial charge is 0.393 e. The van der Waals surface area contributed by atoms with Crippen molar-refractivity contribution in [2.24, 2.45) is 11.8 Å².